The Morgan fingerprint density at radius 1 is 1.33 bits per heavy atom. The van der Waals surface area contributed by atoms with Crippen LogP contribution in [0.25, 0.3) is 0 Å². The fourth-order valence-corrected chi connectivity index (χ4v) is 2.51. The van der Waals surface area contributed by atoms with E-state index in [-0.39, 0.29) is 12.0 Å². The van der Waals surface area contributed by atoms with Gasteiger partial charge in [0, 0.05) is 38.8 Å². The Balaban J connectivity index is 1.69. The van der Waals surface area contributed by atoms with Crippen LogP contribution in [-0.4, -0.2) is 84.2 Å². The van der Waals surface area contributed by atoms with Gasteiger partial charge in [0.15, 0.2) is 0 Å². The van der Waals surface area contributed by atoms with Crippen molar-refractivity contribution in [3.63, 3.8) is 0 Å². The van der Waals surface area contributed by atoms with Gasteiger partial charge < -0.3 is 10.0 Å². The molecule has 0 aromatic carbocycles. The van der Waals surface area contributed by atoms with Crippen molar-refractivity contribution < 1.29 is 9.90 Å². The van der Waals surface area contributed by atoms with Gasteiger partial charge in [0.2, 0.25) is 5.91 Å². The van der Waals surface area contributed by atoms with Crippen LogP contribution in [0.15, 0.2) is 0 Å². The summed E-state index contributed by atoms with van der Waals surface area (Å²) in [6.07, 6.45) is 2.20. The molecule has 0 spiro atoms. The summed E-state index contributed by atoms with van der Waals surface area (Å²) in [6, 6.07) is 0.644. The van der Waals surface area contributed by atoms with Gasteiger partial charge >= 0.3 is 0 Å². The van der Waals surface area contributed by atoms with Crippen molar-refractivity contribution >= 4 is 5.91 Å². The van der Waals surface area contributed by atoms with Gasteiger partial charge in [-0.2, -0.15) is 0 Å². The Bertz CT molecular complexity index is 284. The van der Waals surface area contributed by atoms with Crippen LogP contribution in [0.5, 0.6) is 0 Å². The third-order valence-corrected chi connectivity index (χ3v) is 3.80. The van der Waals surface area contributed by atoms with Crippen molar-refractivity contribution in [1.82, 2.24) is 14.7 Å². The molecule has 104 valence electrons. The third kappa shape index (κ3) is 3.93. The predicted octanol–water partition coefficient (Wildman–Crippen LogP) is -0.394. The summed E-state index contributed by atoms with van der Waals surface area (Å²) >= 11 is 0. The summed E-state index contributed by atoms with van der Waals surface area (Å²) in [6.45, 7) is 6.43. The molecule has 5 nitrogen and oxygen atoms in total. The van der Waals surface area contributed by atoms with Gasteiger partial charge in [-0.15, -0.1) is 0 Å². The van der Waals surface area contributed by atoms with Crippen LogP contribution in [0.2, 0.25) is 0 Å². The summed E-state index contributed by atoms with van der Waals surface area (Å²) in [5, 5.41) is 9.34. The Morgan fingerprint density at radius 3 is 2.44 bits per heavy atom. The molecule has 18 heavy (non-hydrogen) atoms. The SMILES string of the molecule is C[C@@H](O)CN1CCN(C(=O)CN(C)C2CC2)CC1. The molecule has 0 aromatic rings. The van der Waals surface area contributed by atoms with E-state index < -0.39 is 0 Å². The molecule has 1 heterocycles. The summed E-state index contributed by atoms with van der Waals surface area (Å²) in [5.41, 5.74) is 0. The topological polar surface area (TPSA) is 47.0 Å². The molecule has 0 aromatic heterocycles. The lowest BCUT2D eigenvalue weighted by Gasteiger charge is -2.36. The lowest BCUT2D eigenvalue weighted by molar-refractivity contribution is -0.134. The van der Waals surface area contributed by atoms with Crippen molar-refractivity contribution in [3.8, 4) is 0 Å². The molecule has 2 rings (SSSR count). The van der Waals surface area contributed by atoms with Crippen molar-refractivity contribution in [3.05, 3.63) is 0 Å². The number of hydrogen-bond donors (Lipinski definition) is 1. The maximum atomic E-state index is 12.1. The molecule has 0 bridgehead atoms. The van der Waals surface area contributed by atoms with Crippen molar-refractivity contribution in [2.45, 2.75) is 31.9 Å². The number of piperazine rings is 1. The van der Waals surface area contributed by atoms with E-state index >= 15 is 0 Å². The third-order valence-electron chi connectivity index (χ3n) is 3.80. The number of nitrogens with zero attached hydrogens (tertiary/aromatic N) is 3. The molecular weight excluding hydrogens is 230 g/mol. The zero-order chi connectivity index (χ0) is 13.1. The van der Waals surface area contributed by atoms with Gasteiger partial charge in [0.25, 0.3) is 0 Å². The average Bonchev–Trinajstić information content (AvgIpc) is 3.12. The van der Waals surface area contributed by atoms with E-state index in [1.165, 1.54) is 12.8 Å². The maximum Gasteiger partial charge on any atom is 0.236 e. The summed E-state index contributed by atoms with van der Waals surface area (Å²) in [7, 11) is 2.04. The normalized spacial score (nSPS) is 23.4. The molecule has 0 unspecified atom stereocenters. The highest BCUT2D eigenvalue weighted by molar-refractivity contribution is 5.78. The van der Waals surface area contributed by atoms with E-state index in [2.05, 4.69) is 9.80 Å². The first-order chi connectivity index (χ1) is 8.56. The molecule has 1 amide bonds. The lowest BCUT2D eigenvalue weighted by Crippen LogP contribution is -2.52. The Kier molecular flexibility index (Phi) is 4.59. The number of likely N-dealkylation sites (N-methyl/N-ethyl adjacent to an activating group) is 1. The minimum absolute atomic E-state index is 0.251. The Hall–Kier alpha value is -0.650. The van der Waals surface area contributed by atoms with Crippen LogP contribution in [0.1, 0.15) is 19.8 Å². The predicted molar refractivity (Wildman–Crippen MR) is 70.4 cm³/mol. The first-order valence-corrected chi connectivity index (χ1v) is 6.94. The standard InChI is InChI=1S/C13H25N3O2/c1-11(17)9-15-5-7-16(8-6-15)13(18)10-14(2)12-3-4-12/h11-12,17H,3-10H2,1-2H3/t11-/m1/s1. The zero-order valence-corrected chi connectivity index (χ0v) is 11.5. The zero-order valence-electron chi connectivity index (χ0n) is 11.5. The van der Waals surface area contributed by atoms with E-state index in [0.717, 1.165) is 26.2 Å². The Morgan fingerprint density at radius 2 is 1.94 bits per heavy atom. The number of hydrogen-bond acceptors (Lipinski definition) is 4. The quantitative estimate of drug-likeness (QED) is 0.726. The van der Waals surface area contributed by atoms with E-state index in [1.54, 1.807) is 0 Å². The maximum absolute atomic E-state index is 12.1. The molecule has 5 heteroatoms. The minimum Gasteiger partial charge on any atom is -0.392 e. The smallest absolute Gasteiger partial charge is 0.236 e. The molecule has 2 aliphatic rings. The fourth-order valence-electron chi connectivity index (χ4n) is 2.51. The summed E-state index contributed by atoms with van der Waals surface area (Å²) in [4.78, 5) is 18.4. The second kappa shape index (κ2) is 5.99. The van der Waals surface area contributed by atoms with Crippen LogP contribution >= 0.6 is 0 Å². The molecule has 1 saturated heterocycles. The van der Waals surface area contributed by atoms with Crippen molar-refractivity contribution in [1.29, 1.82) is 0 Å². The Labute approximate surface area is 109 Å². The van der Waals surface area contributed by atoms with Crippen molar-refractivity contribution in [2.75, 3.05) is 46.3 Å². The van der Waals surface area contributed by atoms with Gasteiger partial charge in [-0.1, -0.05) is 0 Å². The minimum atomic E-state index is -0.284. The molecule has 1 saturated carbocycles. The van der Waals surface area contributed by atoms with Gasteiger partial charge in [-0.05, 0) is 26.8 Å². The second-order valence-corrected chi connectivity index (χ2v) is 5.68. The van der Waals surface area contributed by atoms with Gasteiger partial charge in [0.1, 0.15) is 0 Å². The first kappa shape index (κ1) is 13.8. The monoisotopic (exact) mass is 255 g/mol. The highest BCUT2D eigenvalue weighted by Crippen LogP contribution is 2.25. The number of carbonyl (C=O) groups is 1. The molecule has 1 atom stereocenters. The number of aliphatic hydroxyl groups excluding tert-OH is 1. The molecular formula is C13H25N3O2. The fraction of sp³-hybridized carbons (Fsp3) is 0.923. The highest BCUT2D eigenvalue weighted by atomic mass is 16.3. The number of amides is 1. The first-order valence-electron chi connectivity index (χ1n) is 6.94. The van der Waals surface area contributed by atoms with Crippen LogP contribution in [0.3, 0.4) is 0 Å². The van der Waals surface area contributed by atoms with Crippen LogP contribution in [-0.2, 0) is 4.79 Å². The molecule has 1 aliphatic carbocycles. The number of aliphatic hydroxyl groups is 1. The number of carbonyl (C=O) groups excluding carboxylic acids is 1. The molecule has 1 aliphatic heterocycles. The molecule has 2 fully saturated rings. The van der Waals surface area contributed by atoms with Crippen LogP contribution in [0, 0.1) is 0 Å². The van der Waals surface area contributed by atoms with E-state index in [4.69, 9.17) is 0 Å². The number of β-amino-alcohol motifs (C(OH)–C–C–N with tert-alkyl or cyclic N) is 1. The van der Waals surface area contributed by atoms with Gasteiger partial charge in [-0.25, -0.2) is 0 Å². The second-order valence-electron chi connectivity index (χ2n) is 5.68. The largest absolute Gasteiger partial charge is 0.392 e. The summed E-state index contributed by atoms with van der Waals surface area (Å²) in [5.74, 6) is 0.251. The lowest BCUT2D eigenvalue weighted by atomic mass is 10.2. The van der Waals surface area contributed by atoms with E-state index in [9.17, 15) is 9.90 Å². The van der Waals surface area contributed by atoms with E-state index in [1.807, 2.05) is 18.9 Å². The van der Waals surface area contributed by atoms with Crippen LogP contribution in [0.4, 0.5) is 0 Å². The molecule has 1 N–H and O–H groups in total. The van der Waals surface area contributed by atoms with E-state index in [0.29, 0.717) is 19.1 Å². The summed E-state index contributed by atoms with van der Waals surface area (Å²) < 4.78 is 0. The average molecular weight is 255 g/mol. The number of rotatable bonds is 5. The van der Waals surface area contributed by atoms with Crippen LogP contribution < -0.4 is 0 Å². The van der Waals surface area contributed by atoms with Gasteiger partial charge in [-0.3, -0.25) is 14.6 Å². The van der Waals surface area contributed by atoms with Crippen molar-refractivity contribution in [2.24, 2.45) is 0 Å². The highest BCUT2D eigenvalue weighted by Gasteiger charge is 2.29. The molecule has 0 radical (unpaired) electrons. The van der Waals surface area contributed by atoms with Gasteiger partial charge in [0.05, 0.1) is 12.6 Å².